The van der Waals surface area contributed by atoms with Gasteiger partial charge in [0.15, 0.2) is 0 Å². The van der Waals surface area contributed by atoms with Crippen molar-refractivity contribution in [2.24, 2.45) is 0 Å². The maximum absolute atomic E-state index is 12.7. The van der Waals surface area contributed by atoms with Crippen molar-refractivity contribution in [1.29, 1.82) is 0 Å². The highest BCUT2D eigenvalue weighted by molar-refractivity contribution is 5.94. The number of nitrogens with one attached hydrogen (secondary N) is 1. The number of piperazine rings is 1. The Hall–Kier alpha value is -2.62. The van der Waals surface area contributed by atoms with Crippen LogP contribution in [0.1, 0.15) is 36.2 Å². The molecule has 1 saturated heterocycles. The highest BCUT2D eigenvalue weighted by Gasteiger charge is 2.38. The minimum Gasteiger partial charge on any atom is -0.475 e. The summed E-state index contributed by atoms with van der Waals surface area (Å²) in [5.41, 5.74) is 1.75. The number of carboxylic acid groups (broad SMARTS) is 1. The Labute approximate surface area is 173 Å². The molecule has 10 heteroatoms. The third kappa shape index (κ3) is 8.40. The largest absolute Gasteiger partial charge is 0.490 e. The van der Waals surface area contributed by atoms with E-state index in [-0.39, 0.29) is 17.9 Å². The Balaban J connectivity index is 0.000000553. The second-order valence-corrected chi connectivity index (χ2v) is 7.15. The number of rotatable bonds is 5. The molecular weight excluding hydrogens is 403 g/mol. The normalized spacial score (nSPS) is 14.0. The van der Waals surface area contributed by atoms with Gasteiger partial charge in [-0.3, -0.25) is 9.59 Å². The van der Waals surface area contributed by atoms with Crippen molar-refractivity contribution in [1.82, 2.24) is 15.1 Å². The molecule has 2 N–H and O–H groups in total. The number of carbonyl (C=O) groups is 3. The van der Waals surface area contributed by atoms with E-state index in [1.54, 1.807) is 4.90 Å². The number of alkyl halides is 3. The zero-order chi connectivity index (χ0) is 22.9. The quantitative estimate of drug-likeness (QED) is 0.747. The first-order chi connectivity index (χ1) is 13.9. The number of hydrogen-bond acceptors (Lipinski definition) is 4. The monoisotopic (exact) mass is 431 g/mol. The van der Waals surface area contributed by atoms with Crippen LogP contribution in [0.2, 0.25) is 0 Å². The van der Waals surface area contributed by atoms with E-state index in [0.29, 0.717) is 18.5 Å². The van der Waals surface area contributed by atoms with Gasteiger partial charge in [-0.1, -0.05) is 17.7 Å². The van der Waals surface area contributed by atoms with Crippen molar-refractivity contribution in [3.63, 3.8) is 0 Å². The first-order valence-corrected chi connectivity index (χ1v) is 9.59. The molecule has 7 nitrogen and oxygen atoms in total. The van der Waals surface area contributed by atoms with Gasteiger partial charge in [-0.25, -0.2) is 4.79 Å². The predicted molar refractivity (Wildman–Crippen MR) is 105 cm³/mol. The second-order valence-electron chi connectivity index (χ2n) is 7.15. The minimum absolute atomic E-state index is 0.00295. The van der Waals surface area contributed by atoms with Gasteiger partial charge in [0, 0.05) is 50.7 Å². The van der Waals surface area contributed by atoms with Crippen LogP contribution >= 0.6 is 0 Å². The molecule has 1 aromatic carbocycles. The van der Waals surface area contributed by atoms with Crippen LogP contribution in [0.4, 0.5) is 13.2 Å². The summed E-state index contributed by atoms with van der Waals surface area (Å²) >= 11 is 0. The molecule has 1 aliphatic rings. The van der Waals surface area contributed by atoms with Gasteiger partial charge in [0.1, 0.15) is 0 Å². The molecule has 0 saturated carbocycles. The molecule has 1 heterocycles. The average molecular weight is 431 g/mol. The third-order valence-electron chi connectivity index (χ3n) is 4.43. The fraction of sp³-hybridized carbons (Fsp3) is 0.550. The average Bonchev–Trinajstić information content (AvgIpc) is 2.68. The molecule has 2 amide bonds. The van der Waals surface area contributed by atoms with Gasteiger partial charge in [-0.15, -0.1) is 0 Å². The molecule has 1 aliphatic heterocycles. The molecule has 1 aromatic rings. The van der Waals surface area contributed by atoms with E-state index in [4.69, 9.17) is 9.90 Å². The van der Waals surface area contributed by atoms with E-state index >= 15 is 0 Å². The molecule has 0 bridgehead atoms. The van der Waals surface area contributed by atoms with Crippen molar-refractivity contribution in [2.75, 3.05) is 32.7 Å². The molecule has 0 aromatic heterocycles. The van der Waals surface area contributed by atoms with Crippen molar-refractivity contribution in [2.45, 2.75) is 39.4 Å². The number of carbonyl (C=O) groups excluding carboxylic acids is 2. The highest BCUT2D eigenvalue weighted by Crippen LogP contribution is 2.13. The molecule has 0 unspecified atom stereocenters. The van der Waals surface area contributed by atoms with Crippen molar-refractivity contribution in [3.05, 3.63) is 35.4 Å². The van der Waals surface area contributed by atoms with E-state index in [1.165, 1.54) is 0 Å². The van der Waals surface area contributed by atoms with Crippen LogP contribution in [0, 0.1) is 6.92 Å². The number of aryl methyl sites for hydroxylation is 1. The Bertz CT molecular complexity index is 732. The lowest BCUT2D eigenvalue weighted by molar-refractivity contribution is -0.192. The lowest BCUT2D eigenvalue weighted by Gasteiger charge is -2.30. The number of hydrogen-bond donors (Lipinski definition) is 2. The summed E-state index contributed by atoms with van der Waals surface area (Å²) in [6, 6.07) is 7.68. The van der Waals surface area contributed by atoms with Gasteiger partial charge in [0.2, 0.25) is 5.91 Å². The number of halogens is 3. The van der Waals surface area contributed by atoms with Crippen LogP contribution in [-0.2, 0) is 9.59 Å². The summed E-state index contributed by atoms with van der Waals surface area (Å²) in [4.78, 5) is 37.6. The summed E-state index contributed by atoms with van der Waals surface area (Å²) in [6.45, 7) is 9.63. The lowest BCUT2D eigenvalue weighted by atomic mass is 10.1. The van der Waals surface area contributed by atoms with E-state index in [0.717, 1.165) is 31.7 Å². The fourth-order valence-electron chi connectivity index (χ4n) is 2.83. The van der Waals surface area contributed by atoms with Crippen molar-refractivity contribution in [3.8, 4) is 0 Å². The standard InChI is InChI=1S/C18H27N3O2.C2HF3O2/c1-14(2)21(18(23)16-6-4-5-15(3)13-16)10-7-17(22)20-11-8-19-9-12-20;3-2(4,5)1(6)7/h4-6,13-14,19H,7-12H2,1-3H3;(H,6,7). The number of amides is 2. The Morgan fingerprint density at radius 1 is 1.20 bits per heavy atom. The van der Waals surface area contributed by atoms with Crippen LogP contribution in [0.3, 0.4) is 0 Å². The summed E-state index contributed by atoms with van der Waals surface area (Å²) in [7, 11) is 0. The molecule has 0 aliphatic carbocycles. The van der Waals surface area contributed by atoms with Gasteiger partial charge in [-0.2, -0.15) is 13.2 Å². The molecule has 0 radical (unpaired) electrons. The van der Waals surface area contributed by atoms with Crippen LogP contribution in [0.15, 0.2) is 24.3 Å². The molecular formula is C20H28F3N3O4. The number of carboxylic acids is 1. The fourth-order valence-corrected chi connectivity index (χ4v) is 2.83. The summed E-state index contributed by atoms with van der Waals surface area (Å²) in [5.74, 6) is -2.63. The van der Waals surface area contributed by atoms with Crippen LogP contribution in [0.25, 0.3) is 0 Å². The molecule has 0 atom stereocenters. The Morgan fingerprint density at radius 2 is 1.77 bits per heavy atom. The van der Waals surface area contributed by atoms with Crippen LogP contribution < -0.4 is 5.32 Å². The number of nitrogens with zero attached hydrogens (tertiary/aromatic N) is 2. The van der Waals surface area contributed by atoms with E-state index < -0.39 is 12.1 Å². The van der Waals surface area contributed by atoms with Gasteiger partial charge < -0.3 is 20.2 Å². The zero-order valence-electron chi connectivity index (χ0n) is 17.3. The van der Waals surface area contributed by atoms with Crippen LogP contribution in [0.5, 0.6) is 0 Å². The highest BCUT2D eigenvalue weighted by atomic mass is 19.4. The van der Waals surface area contributed by atoms with E-state index in [9.17, 15) is 22.8 Å². The smallest absolute Gasteiger partial charge is 0.475 e. The molecule has 0 spiro atoms. The van der Waals surface area contributed by atoms with E-state index in [2.05, 4.69) is 5.32 Å². The number of benzene rings is 1. The third-order valence-corrected chi connectivity index (χ3v) is 4.43. The first-order valence-electron chi connectivity index (χ1n) is 9.59. The maximum Gasteiger partial charge on any atom is 0.490 e. The summed E-state index contributed by atoms with van der Waals surface area (Å²) < 4.78 is 31.7. The molecule has 30 heavy (non-hydrogen) atoms. The van der Waals surface area contributed by atoms with Gasteiger partial charge in [0.25, 0.3) is 5.91 Å². The van der Waals surface area contributed by atoms with Crippen molar-refractivity contribution < 1.29 is 32.7 Å². The first kappa shape index (κ1) is 25.4. The van der Waals surface area contributed by atoms with Crippen molar-refractivity contribution >= 4 is 17.8 Å². The van der Waals surface area contributed by atoms with Gasteiger partial charge >= 0.3 is 12.1 Å². The van der Waals surface area contributed by atoms with E-state index in [1.807, 2.05) is 49.9 Å². The predicted octanol–water partition coefficient (Wildman–Crippen LogP) is 2.30. The second kappa shape index (κ2) is 11.5. The SMILES string of the molecule is Cc1cccc(C(=O)N(CCC(=O)N2CCNCC2)C(C)C)c1.O=C(O)C(F)(F)F. The Morgan fingerprint density at radius 3 is 2.23 bits per heavy atom. The molecule has 168 valence electrons. The number of aliphatic carboxylic acids is 1. The summed E-state index contributed by atoms with van der Waals surface area (Å²) in [5, 5.41) is 10.4. The van der Waals surface area contributed by atoms with Crippen LogP contribution in [-0.4, -0.2) is 77.6 Å². The van der Waals surface area contributed by atoms with Gasteiger partial charge in [0.05, 0.1) is 0 Å². The Kier molecular flexibility index (Phi) is 9.77. The topological polar surface area (TPSA) is 90.0 Å². The molecule has 1 fully saturated rings. The summed E-state index contributed by atoms with van der Waals surface area (Å²) in [6.07, 6.45) is -4.70. The maximum atomic E-state index is 12.7. The zero-order valence-corrected chi connectivity index (χ0v) is 17.3. The minimum atomic E-state index is -5.08. The molecule has 2 rings (SSSR count). The van der Waals surface area contributed by atoms with Gasteiger partial charge in [-0.05, 0) is 32.9 Å². The lowest BCUT2D eigenvalue weighted by Crippen LogP contribution is -2.47.